The number of nitrogens with one attached hydrogen (secondary N) is 1. The van der Waals surface area contributed by atoms with Crippen molar-refractivity contribution >= 4 is 39.5 Å². The molecule has 0 saturated carbocycles. The Labute approximate surface area is 197 Å². The SMILES string of the molecule is COc1ccc(Cl)cc1/C=C1\CNC(=O)CN(S(=O)(=O)c2cc(C(F)(F)F)ccc2OC)C1=O. The highest BCUT2D eigenvalue weighted by atomic mass is 35.5. The summed E-state index contributed by atoms with van der Waals surface area (Å²) in [6, 6.07) is 6.35. The highest BCUT2D eigenvalue weighted by Gasteiger charge is 2.39. The van der Waals surface area contributed by atoms with Crippen molar-refractivity contribution < 1.29 is 40.7 Å². The van der Waals surface area contributed by atoms with E-state index in [1.54, 1.807) is 0 Å². The van der Waals surface area contributed by atoms with Crippen LogP contribution >= 0.6 is 11.6 Å². The van der Waals surface area contributed by atoms with Crippen LogP contribution in [0, 0.1) is 0 Å². The molecule has 1 N–H and O–H groups in total. The van der Waals surface area contributed by atoms with E-state index in [2.05, 4.69) is 5.32 Å². The van der Waals surface area contributed by atoms with Crippen LogP contribution in [-0.2, 0) is 25.8 Å². The minimum absolute atomic E-state index is 0.166. The average Bonchev–Trinajstić information content (AvgIpc) is 2.92. The van der Waals surface area contributed by atoms with Gasteiger partial charge in [0.1, 0.15) is 22.9 Å². The summed E-state index contributed by atoms with van der Waals surface area (Å²) < 4.78 is 76.7. The zero-order chi connectivity index (χ0) is 25.3. The fourth-order valence-electron chi connectivity index (χ4n) is 3.17. The van der Waals surface area contributed by atoms with Crippen LogP contribution in [0.5, 0.6) is 11.5 Å². The summed E-state index contributed by atoms with van der Waals surface area (Å²) in [6.07, 6.45) is -3.57. The molecule has 0 unspecified atom stereocenters. The lowest BCUT2D eigenvalue weighted by Gasteiger charge is -2.22. The maximum absolute atomic E-state index is 13.3. The molecule has 34 heavy (non-hydrogen) atoms. The minimum atomic E-state index is -4.94. The number of hydrogen-bond donors (Lipinski definition) is 1. The summed E-state index contributed by atoms with van der Waals surface area (Å²) in [5.74, 6) is -2.05. The number of alkyl halides is 3. The normalized spacial score (nSPS) is 16.3. The lowest BCUT2D eigenvalue weighted by molar-refractivity contribution is -0.137. The standard InChI is InChI=1S/C21H18ClF3N2O6S/c1-32-16-6-4-15(22)8-12(16)7-13-10-26-19(28)11-27(20(13)29)34(30,31)18-9-14(21(23,24)25)3-5-17(18)33-2/h3-9H,10-11H2,1-2H3,(H,26,28)/b13-7+. The number of sulfonamides is 1. The number of methoxy groups -OCH3 is 2. The van der Waals surface area contributed by atoms with Crippen molar-refractivity contribution in [1.82, 2.24) is 9.62 Å². The van der Waals surface area contributed by atoms with Gasteiger partial charge in [0.2, 0.25) is 5.91 Å². The fraction of sp³-hybridized carbons (Fsp3) is 0.238. The molecule has 0 atom stereocenters. The zero-order valence-corrected chi connectivity index (χ0v) is 19.3. The van der Waals surface area contributed by atoms with Gasteiger partial charge in [-0.1, -0.05) is 11.6 Å². The largest absolute Gasteiger partial charge is 0.496 e. The molecule has 1 aliphatic rings. The van der Waals surface area contributed by atoms with Crippen molar-refractivity contribution in [3.05, 3.63) is 58.1 Å². The van der Waals surface area contributed by atoms with E-state index in [9.17, 15) is 31.2 Å². The van der Waals surface area contributed by atoms with Crippen molar-refractivity contribution in [2.75, 3.05) is 27.3 Å². The van der Waals surface area contributed by atoms with Gasteiger partial charge in [-0.05, 0) is 42.5 Å². The van der Waals surface area contributed by atoms with Gasteiger partial charge in [-0.25, -0.2) is 12.7 Å². The second-order valence-electron chi connectivity index (χ2n) is 7.01. The third-order valence-corrected chi connectivity index (χ3v) is 6.83. The Morgan fingerprint density at radius 3 is 2.32 bits per heavy atom. The van der Waals surface area contributed by atoms with Crippen LogP contribution in [0.4, 0.5) is 13.2 Å². The lowest BCUT2D eigenvalue weighted by atomic mass is 10.1. The third-order valence-electron chi connectivity index (χ3n) is 4.84. The highest BCUT2D eigenvalue weighted by molar-refractivity contribution is 7.89. The van der Waals surface area contributed by atoms with Gasteiger partial charge in [0.25, 0.3) is 15.9 Å². The van der Waals surface area contributed by atoms with E-state index in [0.717, 1.165) is 13.2 Å². The minimum Gasteiger partial charge on any atom is -0.496 e. The first-order valence-electron chi connectivity index (χ1n) is 9.51. The summed E-state index contributed by atoms with van der Waals surface area (Å²) in [6.45, 7) is -1.27. The van der Waals surface area contributed by atoms with E-state index >= 15 is 0 Å². The number of carbonyl (C=O) groups excluding carboxylic acids is 2. The van der Waals surface area contributed by atoms with Gasteiger partial charge in [-0.15, -0.1) is 0 Å². The maximum atomic E-state index is 13.3. The monoisotopic (exact) mass is 518 g/mol. The summed E-state index contributed by atoms with van der Waals surface area (Å²) >= 11 is 6.00. The molecule has 13 heteroatoms. The maximum Gasteiger partial charge on any atom is 0.416 e. The molecular formula is C21H18ClF3N2O6S. The van der Waals surface area contributed by atoms with Crippen LogP contribution in [0.3, 0.4) is 0 Å². The van der Waals surface area contributed by atoms with E-state index < -0.39 is 50.8 Å². The molecule has 1 saturated heterocycles. The number of rotatable bonds is 5. The molecule has 0 spiro atoms. The molecule has 2 amide bonds. The van der Waals surface area contributed by atoms with Gasteiger partial charge < -0.3 is 14.8 Å². The Bertz CT molecular complexity index is 1280. The predicted molar refractivity (Wildman–Crippen MR) is 116 cm³/mol. The number of nitrogens with zero attached hydrogens (tertiary/aromatic N) is 1. The number of halogens is 4. The van der Waals surface area contributed by atoms with Gasteiger partial charge in [0.05, 0.1) is 19.8 Å². The molecule has 2 aromatic carbocycles. The molecule has 0 aromatic heterocycles. The van der Waals surface area contributed by atoms with Crippen molar-refractivity contribution in [3.63, 3.8) is 0 Å². The van der Waals surface area contributed by atoms with Gasteiger partial charge in [-0.2, -0.15) is 13.2 Å². The molecular weight excluding hydrogens is 501 g/mol. The molecule has 2 aromatic rings. The first-order valence-corrected chi connectivity index (χ1v) is 11.3. The molecule has 1 heterocycles. The molecule has 0 radical (unpaired) electrons. The van der Waals surface area contributed by atoms with E-state index in [4.69, 9.17) is 21.1 Å². The van der Waals surface area contributed by atoms with Crippen LogP contribution in [0.15, 0.2) is 46.9 Å². The molecule has 1 aliphatic heterocycles. The molecule has 0 bridgehead atoms. The molecule has 0 aliphatic carbocycles. The highest BCUT2D eigenvalue weighted by Crippen LogP contribution is 2.36. The first kappa shape index (κ1) is 25.4. The van der Waals surface area contributed by atoms with E-state index in [-0.39, 0.29) is 16.4 Å². The van der Waals surface area contributed by atoms with Crippen molar-refractivity contribution in [2.45, 2.75) is 11.1 Å². The average molecular weight is 519 g/mol. The topological polar surface area (TPSA) is 102 Å². The number of benzene rings is 2. The Morgan fingerprint density at radius 2 is 1.71 bits per heavy atom. The quantitative estimate of drug-likeness (QED) is 0.610. The number of ether oxygens (including phenoxy) is 2. The summed E-state index contributed by atoms with van der Waals surface area (Å²) in [7, 11) is -2.50. The smallest absolute Gasteiger partial charge is 0.416 e. The van der Waals surface area contributed by atoms with Crippen LogP contribution in [-0.4, -0.2) is 51.8 Å². The van der Waals surface area contributed by atoms with Crippen molar-refractivity contribution in [1.29, 1.82) is 0 Å². The Balaban J connectivity index is 2.14. The van der Waals surface area contributed by atoms with Gasteiger partial charge in [0.15, 0.2) is 0 Å². The summed E-state index contributed by atoms with van der Waals surface area (Å²) in [5, 5.41) is 2.70. The summed E-state index contributed by atoms with van der Waals surface area (Å²) in [4.78, 5) is 24.5. The molecule has 1 fully saturated rings. The van der Waals surface area contributed by atoms with E-state index in [0.29, 0.717) is 28.5 Å². The van der Waals surface area contributed by atoms with Crippen LogP contribution in [0.25, 0.3) is 6.08 Å². The lowest BCUT2D eigenvalue weighted by Crippen LogP contribution is -2.40. The number of hydrogen-bond acceptors (Lipinski definition) is 6. The fourth-order valence-corrected chi connectivity index (χ4v) is 4.90. The molecule has 182 valence electrons. The second-order valence-corrected chi connectivity index (χ2v) is 9.28. The van der Waals surface area contributed by atoms with Gasteiger partial charge in [-0.3, -0.25) is 9.59 Å². The number of carbonyl (C=O) groups is 2. The van der Waals surface area contributed by atoms with Crippen molar-refractivity contribution in [2.24, 2.45) is 0 Å². The van der Waals surface area contributed by atoms with Crippen LogP contribution in [0.1, 0.15) is 11.1 Å². The van der Waals surface area contributed by atoms with Gasteiger partial charge >= 0.3 is 6.18 Å². The molecule has 8 nitrogen and oxygen atoms in total. The summed E-state index contributed by atoms with van der Waals surface area (Å²) in [5.41, 5.74) is -1.11. The Morgan fingerprint density at radius 1 is 1.06 bits per heavy atom. The second kappa shape index (κ2) is 9.55. The first-order chi connectivity index (χ1) is 15.9. The molecule has 3 rings (SSSR count). The zero-order valence-electron chi connectivity index (χ0n) is 17.8. The predicted octanol–water partition coefficient (Wildman–Crippen LogP) is 3.11. The van der Waals surface area contributed by atoms with E-state index in [1.807, 2.05) is 0 Å². The van der Waals surface area contributed by atoms with E-state index in [1.165, 1.54) is 31.4 Å². The third kappa shape index (κ3) is 5.12. The Kier molecular flexibility index (Phi) is 7.13. The van der Waals surface area contributed by atoms with Crippen molar-refractivity contribution in [3.8, 4) is 11.5 Å². The van der Waals surface area contributed by atoms with Crippen LogP contribution in [0.2, 0.25) is 5.02 Å². The van der Waals surface area contributed by atoms with Crippen LogP contribution < -0.4 is 14.8 Å². The number of amides is 2. The van der Waals surface area contributed by atoms with Gasteiger partial charge in [0, 0.05) is 22.7 Å². The Hall–Kier alpha value is -3.25.